The molecular weight excluding hydrogens is 286 g/mol. The van der Waals surface area contributed by atoms with E-state index in [0.29, 0.717) is 27.0 Å². The molecule has 1 aromatic heterocycles. The number of alkyl halides is 2. The molecule has 0 aliphatic carbocycles. The van der Waals surface area contributed by atoms with Crippen LogP contribution in [0.3, 0.4) is 0 Å². The maximum absolute atomic E-state index is 5.79. The molecule has 6 heteroatoms. The Hall–Kier alpha value is 0.430. The van der Waals surface area contributed by atoms with Gasteiger partial charge in [0.05, 0.1) is 5.88 Å². The van der Waals surface area contributed by atoms with E-state index in [1.165, 1.54) is 0 Å². The predicted octanol–water partition coefficient (Wildman–Crippen LogP) is 3.42. The second-order valence-corrected chi connectivity index (χ2v) is 3.51. The smallest absolute Gasteiger partial charge is 0.146 e. The number of nitrogens with zero attached hydrogens (tertiary/aromatic N) is 2. The van der Waals surface area contributed by atoms with E-state index in [0.717, 1.165) is 0 Å². The average Bonchev–Trinajstić information content (AvgIpc) is 2.03. The van der Waals surface area contributed by atoms with Gasteiger partial charge in [0.25, 0.3) is 0 Å². The highest BCUT2D eigenvalue weighted by molar-refractivity contribution is 9.08. The molecule has 0 aliphatic rings. The molecule has 0 unspecified atom stereocenters. The zero-order valence-electron chi connectivity index (χ0n) is 5.82. The van der Waals surface area contributed by atoms with E-state index in [2.05, 4.69) is 25.9 Å². The Bertz CT molecular complexity index is 269. The quantitative estimate of drug-likeness (QED) is 0.616. The lowest BCUT2D eigenvalue weighted by molar-refractivity contribution is 1.01. The van der Waals surface area contributed by atoms with Crippen LogP contribution in [0.5, 0.6) is 0 Å². The number of rotatable bonds is 2. The van der Waals surface area contributed by atoms with E-state index in [1.54, 1.807) is 0 Å². The summed E-state index contributed by atoms with van der Waals surface area (Å²) in [6.07, 6.45) is 0. The van der Waals surface area contributed by atoms with Crippen LogP contribution in [0.25, 0.3) is 0 Å². The van der Waals surface area contributed by atoms with Gasteiger partial charge in [-0.2, -0.15) is 0 Å². The van der Waals surface area contributed by atoms with Gasteiger partial charge in [0.2, 0.25) is 0 Å². The van der Waals surface area contributed by atoms with E-state index in [9.17, 15) is 0 Å². The monoisotopic (exact) mass is 288 g/mol. The third-order valence-corrected chi connectivity index (χ3v) is 2.63. The third kappa shape index (κ3) is 2.22. The highest BCUT2D eigenvalue weighted by Crippen LogP contribution is 2.23. The minimum absolute atomic E-state index is 0.210. The Morgan fingerprint density at radius 3 is 2.00 bits per heavy atom. The van der Waals surface area contributed by atoms with E-state index in [1.807, 2.05) is 0 Å². The van der Waals surface area contributed by atoms with Gasteiger partial charge in [0.15, 0.2) is 0 Å². The van der Waals surface area contributed by atoms with Crippen molar-refractivity contribution >= 4 is 50.7 Å². The Kier molecular flexibility index (Phi) is 4.03. The fraction of sp³-hybridized carbons (Fsp3) is 0.333. The van der Waals surface area contributed by atoms with Crippen molar-refractivity contribution in [1.29, 1.82) is 0 Å². The van der Waals surface area contributed by atoms with Gasteiger partial charge >= 0.3 is 0 Å². The topological polar surface area (TPSA) is 25.8 Å². The SMILES string of the molecule is ClCc1nc(Cl)c(CBr)c(Cl)n1. The highest BCUT2D eigenvalue weighted by Gasteiger charge is 2.09. The molecule has 0 N–H and O–H groups in total. The lowest BCUT2D eigenvalue weighted by Gasteiger charge is -2.02. The molecule has 0 amide bonds. The molecule has 0 fully saturated rings. The molecule has 66 valence electrons. The average molecular weight is 290 g/mol. The normalized spacial score (nSPS) is 10.3. The van der Waals surface area contributed by atoms with Gasteiger partial charge < -0.3 is 0 Å². The molecule has 0 atom stereocenters. The van der Waals surface area contributed by atoms with Crippen LogP contribution in [0.2, 0.25) is 10.3 Å². The van der Waals surface area contributed by atoms with Gasteiger partial charge in [-0.1, -0.05) is 39.1 Å². The van der Waals surface area contributed by atoms with Gasteiger partial charge in [-0.15, -0.1) is 11.6 Å². The summed E-state index contributed by atoms with van der Waals surface area (Å²) >= 11 is 20.3. The third-order valence-electron chi connectivity index (χ3n) is 1.21. The van der Waals surface area contributed by atoms with Gasteiger partial charge in [0.1, 0.15) is 16.1 Å². The first-order valence-electron chi connectivity index (χ1n) is 3.01. The Balaban J connectivity index is 3.18. The van der Waals surface area contributed by atoms with Crippen LogP contribution < -0.4 is 0 Å². The second-order valence-electron chi connectivity index (χ2n) is 1.97. The summed E-state index contributed by atoms with van der Waals surface area (Å²) in [6, 6.07) is 0. The van der Waals surface area contributed by atoms with E-state index in [4.69, 9.17) is 34.8 Å². The maximum atomic E-state index is 5.79. The molecule has 1 aromatic rings. The Morgan fingerprint density at radius 1 is 1.17 bits per heavy atom. The van der Waals surface area contributed by atoms with Crippen LogP contribution in [0.4, 0.5) is 0 Å². The Labute approximate surface area is 93.4 Å². The molecule has 0 radical (unpaired) electrons. The highest BCUT2D eigenvalue weighted by atomic mass is 79.9. The van der Waals surface area contributed by atoms with Crippen LogP contribution in [0, 0.1) is 0 Å². The van der Waals surface area contributed by atoms with E-state index >= 15 is 0 Å². The zero-order chi connectivity index (χ0) is 9.14. The first-order chi connectivity index (χ1) is 5.69. The summed E-state index contributed by atoms with van der Waals surface area (Å²) in [5.41, 5.74) is 0.687. The molecule has 0 aromatic carbocycles. The lowest BCUT2D eigenvalue weighted by Crippen LogP contribution is -1.96. The summed E-state index contributed by atoms with van der Waals surface area (Å²) < 4.78 is 0. The van der Waals surface area contributed by atoms with Crippen LogP contribution in [0.15, 0.2) is 0 Å². The predicted molar refractivity (Wildman–Crippen MR) is 54.2 cm³/mol. The zero-order valence-corrected chi connectivity index (χ0v) is 9.67. The van der Waals surface area contributed by atoms with Crippen LogP contribution in [-0.2, 0) is 11.2 Å². The fourth-order valence-corrected chi connectivity index (χ4v) is 2.17. The van der Waals surface area contributed by atoms with Gasteiger partial charge in [-0.3, -0.25) is 0 Å². The van der Waals surface area contributed by atoms with Crippen molar-refractivity contribution in [3.63, 3.8) is 0 Å². The van der Waals surface area contributed by atoms with Crippen molar-refractivity contribution in [2.24, 2.45) is 0 Å². The van der Waals surface area contributed by atoms with E-state index < -0.39 is 0 Å². The van der Waals surface area contributed by atoms with Gasteiger partial charge in [-0.05, 0) is 0 Å². The molecule has 1 heterocycles. The lowest BCUT2D eigenvalue weighted by atomic mass is 10.4. The molecule has 0 bridgehead atoms. The van der Waals surface area contributed by atoms with Crippen LogP contribution in [0.1, 0.15) is 11.4 Å². The minimum Gasteiger partial charge on any atom is -0.219 e. The van der Waals surface area contributed by atoms with Crippen molar-refractivity contribution < 1.29 is 0 Å². The summed E-state index contributed by atoms with van der Waals surface area (Å²) in [6.45, 7) is 0. The molecule has 2 nitrogen and oxygen atoms in total. The molecule has 0 saturated carbocycles. The van der Waals surface area contributed by atoms with Crippen LogP contribution >= 0.6 is 50.7 Å². The van der Waals surface area contributed by atoms with Crippen molar-refractivity contribution in [3.05, 3.63) is 21.7 Å². The van der Waals surface area contributed by atoms with Crippen LogP contribution in [-0.4, -0.2) is 9.97 Å². The molecular formula is C6H4BrCl3N2. The summed E-state index contributed by atoms with van der Waals surface area (Å²) in [4.78, 5) is 7.86. The van der Waals surface area contributed by atoms with Crippen molar-refractivity contribution in [1.82, 2.24) is 9.97 Å². The van der Waals surface area contributed by atoms with Gasteiger partial charge in [0, 0.05) is 10.9 Å². The minimum atomic E-state index is 0.210. The molecule has 1 rings (SSSR count). The fourth-order valence-electron chi connectivity index (χ4n) is 0.642. The summed E-state index contributed by atoms with van der Waals surface area (Å²) in [5.74, 6) is 0.651. The van der Waals surface area contributed by atoms with Crippen molar-refractivity contribution in [2.75, 3.05) is 0 Å². The molecule has 0 spiro atoms. The molecule has 0 aliphatic heterocycles. The Morgan fingerprint density at radius 2 is 1.67 bits per heavy atom. The summed E-state index contributed by atoms with van der Waals surface area (Å²) in [5, 5.41) is 1.23. The number of hydrogen-bond acceptors (Lipinski definition) is 2. The number of hydrogen-bond donors (Lipinski definition) is 0. The van der Waals surface area contributed by atoms with Gasteiger partial charge in [-0.25, -0.2) is 9.97 Å². The van der Waals surface area contributed by atoms with Crippen molar-refractivity contribution in [2.45, 2.75) is 11.2 Å². The summed E-state index contributed by atoms with van der Waals surface area (Å²) in [7, 11) is 0. The number of aromatic nitrogens is 2. The molecule has 12 heavy (non-hydrogen) atoms. The maximum Gasteiger partial charge on any atom is 0.146 e. The standard InChI is InChI=1S/C6H4BrCl3N2/c7-1-3-5(9)11-4(2-8)12-6(3)10/h1-2H2. The first-order valence-corrected chi connectivity index (χ1v) is 5.43. The largest absolute Gasteiger partial charge is 0.219 e. The first kappa shape index (κ1) is 10.5. The van der Waals surface area contributed by atoms with E-state index in [-0.39, 0.29) is 5.88 Å². The second kappa shape index (κ2) is 4.61. The number of halogens is 4. The molecule has 0 saturated heterocycles. The van der Waals surface area contributed by atoms with Crippen molar-refractivity contribution in [3.8, 4) is 0 Å².